The third-order valence-electron chi connectivity index (χ3n) is 7.12. The number of benzene rings is 2. The van der Waals surface area contributed by atoms with Gasteiger partial charge in [0, 0.05) is 50.8 Å². The molecule has 218 valence electrons. The lowest BCUT2D eigenvalue weighted by Crippen LogP contribution is -2.49. The van der Waals surface area contributed by atoms with Crippen molar-refractivity contribution in [1.29, 1.82) is 0 Å². The number of carbonyl (C=O) groups is 1. The zero-order valence-electron chi connectivity index (χ0n) is 24.6. The van der Waals surface area contributed by atoms with E-state index in [1.54, 1.807) is 11.8 Å². The number of nitrogens with zero attached hydrogens (tertiary/aromatic N) is 3. The van der Waals surface area contributed by atoms with Crippen LogP contribution in [-0.2, 0) is 9.53 Å². The number of hydrogen-bond donors (Lipinski definition) is 1. The summed E-state index contributed by atoms with van der Waals surface area (Å²) >= 11 is 1.65. The molecule has 0 radical (unpaired) electrons. The predicted octanol–water partition coefficient (Wildman–Crippen LogP) is 5.84. The molecule has 0 aliphatic carbocycles. The second-order valence-electron chi connectivity index (χ2n) is 10.8. The van der Waals surface area contributed by atoms with E-state index in [1.165, 1.54) is 0 Å². The summed E-state index contributed by atoms with van der Waals surface area (Å²) in [6.07, 6.45) is 0. The van der Waals surface area contributed by atoms with Crippen molar-refractivity contribution in [3.05, 3.63) is 47.5 Å². The van der Waals surface area contributed by atoms with Crippen molar-refractivity contribution >= 4 is 34.5 Å². The molecule has 4 rings (SSSR count). The number of piperazine rings is 1. The first-order chi connectivity index (χ1) is 19.3. The summed E-state index contributed by atoms with van der Waals surface area (Å²) in [7, 11) is 0. The maximum atomic E-state index is 13.2. The zero-order valence-corrected chi connectivity index (χ0v) is 25.4. The summed E-state index contributed by atoms with van der Waals surface area (Å²) < 4.78 is 17.2. The first-order valence-corrected chi connectivity index (χ1v) is 15.4. The number of amides is 1. The van der Waals surface area contributed by atoms with Gasteiger partial charge in [0.15, 0.2) is 5.58 Å². The number of thioether (sulfide) groups is 1. The Bertz CT molecular complexity index is 1180. The molecule has 2 aromatic carbocycles. The highest BCUT2D eigenvalue weighted by Crippen LogP contribution is 2.36. The van der Waals surface area contributed by atoms with Crippen molar-refractivity contribution in [3.63, 3.8) is 0 Å². The molecular formula is C31H44N4O4S. The lowest BCUT2D eigenvalue weighted by molar-refractivity contribution is -0.117. The van der Waals surface area contributed by atoms with Crippen LogP contribution in [0.3, 0.4) is 0 Å². The zero-order chi connectivity index (χ0) is 28.5. The van der Waals surface area contributed by atoms with E-state index >= 15 is 0 Å². The Kier molecular flexibility index (Phi) is 11.3. The Labute approximate surface area is 242 Å². The Morgan fingerprint density at radius 2 is 1.70 bits per heavy atom. The van der Waals surface area contributed by atoms with E-state index in [0.717, 1.165) is 77.4 Å². The van der Waals surface area contributed by atoms with E-state index in [0.29, 0.717) is 26.4 Å². The van der Waals surface area contributed by atoms with Crippen molar-refractivity contribution in [1.82, 2.24) is 14.8 Å². The van der Waals surface area contributed by atoms with E-state index in [9.17, 15) is 4.79 Å². The van der Waals surface area contributed by atoms with Gasteiger partial charge in [-0.3, -0.25) is 14.6 Å². The fourth-order valence-electron chi connectivity index (χ4n) is 4.89. The minimum Gasteiger partial charge on any atom is -0.491 e. The quantitative estimate of drug-likeness (QED) is 0.192. The molecule has 1 N–H and O–H groups in total. The highest BCUT2D eigenvalue weighted by molar-refractivity contribution is 7.99. The van der Waals surface area contributed by atoms with E-state index in [4.69, 9.17) is 13.9 Å². The van der Waals surface area contributed by atoms with Gasteiger partial charge in [-0.2, -0.15) is 0 Å². The molecule has 3 aromatic rings. The molecule has 0 spiro atoms. The molecule has 2 heterocycles. The Morgan fingerprint density at radius 3 is 2.35 bits per heavy atom. The summed E-state index contributed by atoms with van der Waals surface area (Å²) in [5, 5.41) is 4.00. The molecular weight excluding hydrogens is 524 g/mol. The van der Waals surface area contributed by atoms with Crippen LogP contribution in [0.2, 0.25) is 0 Å². The van der Waals surface area contributed by atoms with Crippen LogP contribution in [0.1, 0.15) is 57.6 Å². The molecule has 1 saturated heterocycles. The van der Waals surface area contributed by atoms with Gasteiger partial charge in [-0.1, -0.05) is 51.6 Å². The maximum Gasteiger partial charge on any atom is 0.256 e. The fourth-order valence-corrected chi connectivity index (χ4v) is 5.72. The van der Waals surface area contributed by atoms with Gasteiger partial charge in [-0.25, -0.2) is 4.98 Å². The average Bonchev–Trinajstić information content (AvgIpc) is 3.35. The second kappa shape index (κ2) is 14.9. The molecule has 1 aliphatic heterocycles. The Hall–Kier alpha value is -2.59. The van der Waals surface area contributed by atoms with Crippen molar-refractivity contribution < 1.29 is 18.7 Å². The van der Waals surface area contributed by atoms with Gasteiger partial charge in [-0.05, 0) is 54.2 Å². The summed E-state index contributed by atoms with van der Waals surface area (Å²) in [5.74, 6) is 2.29. The van der Waals surface area contributed by atoms with Crippen molar-refractivity contribution in [2.24, 2.45) is 0 Å². The third-order valence-corrected chi connectivity index (χ3v) is 7.93. The van der Waals surface area contributed by atoms with Crippen molar-refractivity contribution in [2.75, 3.05) is 70.2 Å². The van der Waals surface area contributed by atoms with Gasteiger partial charge in [-0.15, -0.1) is 0 Å². The number of anilines is 1. The number of fused-ring (bicyclic) bond motifs is 1. The molecule has 40 heavy (non-hydrogen) atoms. The van der Waals surface area contributed by atoms with Gasteiger partial charge < -0.3 is 19.2 Å². The topological polar surface area (TPSA) is 80.1 Å². The van der Waals surface area contributed by atoms with E-state index in [1.807, 2.05) is 31.2 Å². The van der Waals surface area contributed by atoms with Crippen LogP contribution in [0.15, 0.2) is 46.0 Å². The van der Waals surface area contributed by atoms with Crippen LogP contribution in [0.4, 0.5) is 5.69 Å². The normalized spacial score (nSPS) is 14.9. The van der Waals surface area contributed by atoms with Gasteiger partial charge in [0.25, 0.3) is 5.22 Å². The molecule has 1 fully saturated rings. The van der Waals surface area contributed by atoms with Crippen LogP contribution in [-0.4, -0.2) is 85.5 Å². The van der Waals surface area contributed by atoms with Crippen LogP contribution in [0.5, 0.6) is 5.75 Å². The van der Waals surface area contributed by atoms with Crippen molar-refractivity contribution in [3.8, 4) is 5.75 Å². The number of ether oxygens (including phenoxy) is 2. The molecule has 8 nitrogen and oxygen atoms in total. The van der Waals surface area contributed by atoms with Crippen LogP contribution in [0.25, 0.3) is 11.1 Å². The molecule has 1 aliphatic rings. The molecule has 0 saturated carbocycles. The fraction of sp³-hybridized carbons (Fsp3) is 0.548. The number of aromatic nitrogens is 1. The first kappa shape index (κ1) is 30.4. The molecule has 9 heteroatoms. The third kappa shape index (κ3) is 8.46. The SMILES string of the molecule is CCOCCOc1cc(C(C)C)c(NC(=O)CN2CCN(CCSc3nc4ccccc4o3)CC2)c(C(C)C)c1. The summed E-state index contributed by atoms with van der Waals surface area (Å²) in [5.41, 5.74) is 4.88. The standard InChI is InChI=1S/C31H44N4O4S/c1-6-37-16-17-38-24-19-25(22(2)3)30(26(20-24)23(4)5)33-29(36)21-35-13-11-34(12-14-35)15-18-40-31-32-27-9-7-8-10-28(27)39-31/h7-10,19-20,22-23H,6,11-18,21H2,1-5H3,(H,33,36). The van der Waals surface area contributed by atoms with Crippen LogP contribution < -0.4 is 10.1 Å². The maximum absolute atomic E-state index is 13.2. The number of para-hydroxylation sites is 2. The van der Waals surface area contributed by atoms with Crippen LogP contribution in [0, 0.1) is 0 Å². The van der Waals surface area contributed by atoms with Gasteiger partial charge in [0.05, 0.1) is 13.2 Å². The number of carbonyl (C=O) groups excluding carboxylic acids is 1. The lowest BCUT2D eigenvalue weighted by atomic mass is 9.92. The van der Waals surface area contributed by atoms with Gasteiger partial charge >= 0.3 is 0 Å². The molecule has 0 atom stereocenters. The molecule has 1 aromatic heterocycles. The predicted molar refractivity (Wildman–Crippen MR) is 163 cm³/mol. The Balaban J connectivity index is 1.27. The van der Waals surface area contributed by atoms with Crippen LogP contribution >= 0.6 is 11.8 Å². The summed E-state index contributed by atoms with van der Waals surface area (Å²) in [6, 6.07) is 12.0. The van der Waals surface area contributed by atoms with E-state index < -0.39 is 0 Å². The highest BCUT2D eigenvalue weighted by Gasteiger charge is 2.22. The Morgan fingerprint density at radius 1 is 1.02 bits per heavy atom. The van der Waals surface area contributed by atoms with E-state index in [2.05, 4.69) is 59.9 Å². The van der Waals surface area contributed by atoms with Crippen molar-refractivity contribution in [2.45, 2.75) is 51.7 Å². The molecule has 1 amide bonds. The largest absolute Gasteiger partial charge is 0.491 e. The first-order valence-electron chi connectivity index (χ1n) is 14.4. The number of nitrogens with one attached hydrogen (secondary N) is 1. The lowest BCUT2D eigenvalue weighted by Gasteiger charge is -2.34. The average molecular weight is 569 g/mol. The van der Waals surface area contributed by atoms with Gasteiger partial charge in [0.1, 0.15) is 17.9 Å². The minimum absolute atomic E-state index is 0.0359. The molecule has 0 unspecified atom stereocenters. The van der Waals surface area contributed by atoms with E-state index in [-0.39, 0.29) is 17.7 Å². The van der Waals surface area contributed by atoms with Gasteiger partial charge in [0.2, 0.25) is 5.91 Å². The monoisotopic (exact) mass is 568 g/mol. The summed E-state index contributed by atoms with van der Waals surface area (Å²) in [4.78, 5) is 22.4. The second-order valence-corrected chi connectivity index (χ2v) is 11.8. The number of oxazole rings is 1. The minimum atomic E-state index is 0.0359. The molecule has 0 bridgehead atoms. The summed E-state index contributed by atoms with van der Waals surface area (Å²) in [6.45, 7) is 17.4. The number of hydrogen-bond acceptors (Lipinski definition) is 8. The number of rotatable bonds is 14. The smallest absolute Gasteiger partial charge is 0.256 e. The highest BCUT2D eigenvalue weighted by atomic mass is 32.2.